The molecule has 0 saturated heterocycles. The summed E-state index contributed by atoms with van der Waals surface area (Å²) in [6.07, 6.45) is 2.17. The molecule has 0 bridgehead atoms. The first-order chi connectivity index (χ1) is 14.0. The molecule has 0 heterocycles. The summed E-state index contributed by atoms with van der Waals surface area (Å²) >= 11 is 5.82. The van der Waals surface area contributed by atoms with Crippen molar-refractivity contribution in [3.05, 3.63) is 53.1 Å². The van der Waals surface area contributed by atoms with Crippen molar-refractivity contribution in [2.45, 2.75) is 38.0 Å². The monoisotopic (exact) mass is 472 g/mol. The Morgan fingerprint density at radius 1 is 0.967 bits per heavy atom. The second kappa shape index (κ2) is 10.3. The zero-order valence-corrected chi connectivity index (χ0v) is 19.2. The van der Waals surface area contributed by atoms with Crippen LogP contribution in [-0.4, -0.2) is 34.2 Å². The van der Waals surface area contributed by atoms with E-state index in [2.05, 4.69) is 10.0 Å². The molecule has 0 aliphatic rings. The maximum absolute atomic E-state index is 12.8. The standard InChI is InChI=1S/C20H25ClN2O5S2/c1-3-4-5-12-29(25,26)14-20(24)22-18-9-6-15(2)19(13-18)30(27,28)23-17-10-7-16(21)8-11-17/h6-11,13,23H,3-5,12,14H2,1-2H3,(H,22,24). The van der Waals surface area contributed by atoms with Gasteiger partial charge in [0.05, 0.1) is 10.6 Å². The van der Waals surface area contributed by atoms with E-state index in [0.29, 0.717) is 22.7 Å². The number of nitrogens with one attached hydrogen (secondary N) is 2. The van der Waals surface area contributed by atoms with Gasteiger partial charge in [-0.1, -0.05) is 37.4 Å². The highest BCUT2D eigenvalue weighted by atomic mass is 35.5. The minimum absolute atomic E-state index is 0.0268. The van der Waals surface area contributed by atoms with E-state index in [1.165, 1.54) is 24.3 Å². The number of rotatable bonds is 10. The normalized spacial score (nSPS) is 11.8. The maximum atomic E-state index is 12.8. The lowest BCUT2D eigenvalue weighted by Crippen LogP contribution is -2.25. The molecule has 0 fully saturated rings. The van der Waals surface area contributed by atoms with Gasteiger partial charge in [0.15, 0.2) is 9.84 Å². The number of unbranched alkanes of at least 4 members (excludes halogenated alkanes) is 2. The summed E-state index contributed by atoms with van der Waals surface area (Å²) < 4.78 is 52.1. The van der Waals surface area contributed by atoms with Crippen molar-refractivity contribution in [3.63, 3.8) is 0 Å². The van der Waals surface area contributed by atoms with Gasteiger partial charge in [-0.15, -0.1) is 0 Å². The van der Waals surface area contributed by atoms with Crippen molar-refractivity contribution in [2.75, 3.05) is 21.5 Å². The SMILES string of the molecule is CCCCCS(=O)(=O)CC(=O)Nc1ccc(C)c(S(=O)(=O)Nc2ccc(Cl)cc2)c1. The summed E-state index contributed by atoms with van der Waals surface area (Å²) in [6.45, 7) is 3.59. The van der Waals surface area contributed by atoms with Crippen LogP contribution in [0.4, 0.5) is 11.4 Å². The third kappa shape index (κ3) is 7.30. The maximum Gasteiger partial charge on any atom is 0.262 e. The molecule has 30 heavy (non-hydrogen) atoms. The number of carbonyl (C=O) groups is 1. The Hall–Kier alpha value is -2.10. The predicted molar refractivity (Wildman–Crippen MR) is 120 cm³/mol. The average molecular weight is 473 g/mol. The van der Waals surface area contributed by atoms with Crippen molar-refractivity contribution < 1.29 is 21.6 Å². The summed E-state index contributed by atoms with van der Waals surface area (Å²) in [7, 11) is -7.45. The number of carbonyl (C=O) groups excluding carboxylic acids is 1. The van der Waals surface area contributed by atoms with Crippen LogP contribution in [0.25, 0.3) is 0 Å². The lowest BCUT2D eigenvalue weighted by atomic mass is 10.2. The van der Waals surface area contributed by atoms with Crippen LogP contribution >= 0.6 is 11.6 Å². The summed E-state index contributed by atoms with van der Waals surface area (Å²) in [5.74, 6) is -1.40. The summed E-state index contributed by atoms with van der Waals surface area (Å²) in [6, 6.07) is 10.6. The molecule has 0 unspecified atom stereocenters. The zero-order valence-electron chi connectivity index (χ0n) is 16.8. The van der Waals surface area contributed by atoms with E-state index in [9.17, 15) is 21.6 Å². The molecule has 164 valence electrons. The van der Waals surface area contributed by atoms with Gasteiger partial charge in [0, 0.05) is 16.4 Å². The quantitative estimate of drug-likeness (QED) is 0.508. The molecule has 0 aromatic heterocycles. The van der Waals surface area contributed by atoms with E-state index in [1.807, 2.05) is 6.92 Å². The molecule has 10 heteroatoms. The Bertz CT molecular complexity index is 1100. The molecular formula is C20H25ClN2O5S2. The minimum atomic E-state index is -3.93. The van der Waals surface area contributed by atoms with Crippen LogP contribution in [-0.2, 0) is 24.7 Å². The number of amides is 1. The number of halogens is 1. The highest BCUT2D eigenvalue weighted by Gasteiger charge is 2.20. The van der Waals surface area contributed by atoms with Crippen LogP contribution in [0.3, 0.4) is 0 Å². The van der Waals surface area contributed by atoms with Gasteiger partial charge in [-0.25, -0.2) is 16.8 Å². The molecule has 2 N–H and O–H groups in total. The van der Waals surface area contributed by atoms with Crippen molar-refractivity contribution >= 4 is 48.7 Å². The molecule has 2 rings (SSSR count). The number of sulfonamides is 1. The average Bonchev–Trinajstić information content (AvgIpc) is 2.64. The second-order valence-electron chi connectivity index (χ2n) is 6.94. The van der Waals surface area contributed by atoms with Gasteiger partial charge in [0.1, 0.15) is 5.75 Å². The fourth-order valence-corrected chi connectivity index (χ4v) is 5.45. The molecular weight excluding hydrogens is 448 g/mol. The highest BCUT2D eigenvalue weighted by Crippen LogP contribution is 2.24. The summed E-state index contributed by atoms with van der Waals surface area (Å²) in [5, 5.41) is 2.95. The van der Waals surface area contributed by atoms with Gasteiger partial charge in [0.2, 0.25) is 5.91 Å². The molecule has 1 amide bonds. The van der Waals surface area contributed by atoms with Crippen LogP contribution in [0.1, 0.15) is 31.7 Å². The third-order valence-electron chi connectivity index (χ3n) is 4.27. The number of benzene rings is 2. The number of aryl methyl sites for hydroxylation is 1. The zero-order chi connectivity index (χ0) is 22.4. The molecule has 0 radical (unpaired) electrons. The molecule has 0 saturated carbocycles. The van der Waals surface area contributed by atoms with Gasteiger partial charge in [-0.2, -0.15) is 0 Å². The largest absolute Gasteiger partial charge is 0.325 e. The Balaban J connectivity index is 2.14. The van der Waals surface area contributed by atoms with Gasteiger partial charge in [-0.3, -0.25) is 9.52 Å². The van der Waals surface area contributed by atoms with Gasteiger partial charge in [0.25, 0.3) is 10.0 Å². The van der Waals surface area contributed by atoms with E-state index in [4.69, 9.17) is 11.6 Å². The second-order valence-corrected chi connectivity index (χ2v) is 11.2. The predicted octanol–water partition coefficient (Wildman–Crippen LogP) is 3.99. The van der Waals surface area contributed by atoms with Crippen molar-refractivity contribution in [1.29, 1.82) is 0 Å². The number of sulfone groups is 1. The van der Waals surface area contributed by atoms with E-state index >= 15 is 0 Å². The van der Waals surface area contributed by atoms with E-state index in [0.717, 1.165) is 12.8 Å². The molecule has 0 aliphatic carbocycles. The first-order valence-electron chi connectivity index (χ1n) is 9.42. The number of hydrogen-bond donors (Lipinski definition) is 2. The fourth-order valence-electron chi connectivity index (χ4n) is 2.74. The molecule has 2 aromatic rings. The topological polar surface area (TPSA) is 109 Å². The Labute approximate surface area is 182 Å². The molecule has 2 aromatic carbocycles. The Kier molecular flexibility index (Phi) is 8.28. The van der Waals surface area contributed by atoms with Crippen LogP contribution in [0.15, 0.2) is 47.4 Å². The molecule has 0 aliphatic heterocycles. The lowest BCUT2D eigenvalue weighted by molar-refractivity contribution is -0.113. The molecule has 7 nitrogen and oxygen atoms in total. The first-order valence-corrected chi connectivity index (χ1v) is 13.1. The van der Waals surface area contributed by atoms with Gasteiger partial charge < -0.3 is 5.32 Å². The van der Waals surface area contributed by atoms with Crippen molar-refractivity contribution in [1.82, 2.24) is 0 Å². The third-order valence-corrected chi connectivity index (χ3v) is 7.66. The summed E-state index contributed by atoms with van der Waals surface area (Å²) in [4.78, 5) is 12.1. The van der Waals surface area contributed by atoms with Crippen LogP contribution in [0.5, 0.6) is 0 Å². The van der Waals surface area contributed by atoms with Crippen LogP contribution in [0, 0.1) is 6.92 Å². The van der Waals surface area contributed by atoms with Crippen molar-refractivity contribution in [3.8, 4) is 0 Å². The smallest absolute Gasteiger partial charge is 0.262 e. The fraction of sp³-hybridized carbons (Fsp3) is 0.350. The van der Waals surface area contributed by atoms with E-state index in [1.54, 1.807) is 25.1 Å². The minimum Gasteiger partial charge on any atom is -0.325 e. The lowest BCUT2D eigenvalue weighted by Gasteiger charge is -2.13. The van der Waals surface area contributed by atoms with E-state index in [-0.39, 0.29) is 16.3 Å². The summed E-state index contributed by atoms with van der Waals surface area (Å²) in [5.41, 5.74) is 1.01. The Morgan fingerprint density at radius 3 is 2.23 bits per heavy atom. The Morgan fingerprint density at radius 2 is 1.60 bits per heavy atom. The van der Waals surface area contributed by atoms with Crippen LogP contribution in [0.2, 0.25) is 5.02 Å². The molecule has 0 spiro atoms. The highest BCUT2D eigenvalue weighted by molar-refractivity contribution is 7.92. The first kappa shape index (κ1) is 24.2. The molecule has 0 atom stereocenters. The van der Waals surface area contributed by atoms with Crippen LogP contribution < -0.4 is 10.0 Å². The number of anilines is 2. The van der Waals surface area contributed by atoms with Gasteiger partial charge >= 0.3 is 0 Å². The van der Waals surface area contributed by atoms with Crippen molar-refractivity contribution in [2.24, 2.45) is 0 Å². The van der Waals surface area contributed by atoms with E-state index < -0.39 is 31.5 Å². The van der Waals surface area contributed by atoms with Gasteiger partial charge in [-0.05, 0) is 55.3 Å². The number of hydrogen-bond acceptors (Lipinski definition) is 5.